The molecule has 0 aliphatic rings. The normalized spacial score (nSPS) is 10.9. The average molecular weight is 472 g/mol. The lowest BCUT2D eigenvalue weighted by Gasteiger charge is -2.08. The molecule has 0 fully saturated rings. The van der Waals surface area contributed by atoms with Crippen LogP contribution in [0, 0.1) is 0 Å². The summed E-state index contributed by atoms with van der Waals surface area (Å²) >= 11 is 0. The summed E-state index contributed by atoms with van der Waals surface area (Å²) in [5.41, 5.74) is 2.78. The van der Waals surface area contributed by atoms with Crippen molar-refractivity contribution in [2.75, 3.05) is 0 Å². The third-order valence-corrected chi connectivity index (χ3v) is 5.98. The number of H-pyrrole nitrogens is 1. The number of carboxylic acid groups (broad SMARTS) is 2. The second-order valence-electron chi connectivity index (χ2n) is 8.77. The average Bonchev–Trinajstić information content (AvgIpc) is 3.18. The van der Waals surface area contributed by atoms with Crippen molar-refractivity contribution in [3.05, 3.63) is 52.7 Å². The molecule has 0 saturated carbocycles. The summed E-state index contributed by atoms with van der Waals surface area (Å²) in [6.07, 6.45) is 11.9. The van der Waals surface area contributed by atoms with Crippen LogP contribution in [0.2, 0.25) is 0 Å². The van der Waals surface area contributed by atoms with Crippen molar-refractivity contribution in [2.24, 2.45) is 0 Å². The molecule has 0 aliphatic heterocycles. The van der Waals surface area contributed by atoms with E-state index in [0.717, 1.165) is 30.4 Å². The molecule has 34 heavy (non-hydrogen) atoms. The van der Waals surface area contributed by atoms with Gasteiger partial charge in [-0.2, -0.15) is 0 Å². The van der Waals surface area contributed by atoms with E-state index < -0.39 is 12.1 Å². The summed E-state index contributed by atoms with van der Waals surface area (Å²) in [5, 5.41) is 17.9. The van der Waals surface area contributed by atoms with Crippen molar-refractivity contribution in [3.63, 3.8) is 0 Å². The molecule has 1 heterocycles. The van der Waals surface area contributed by atoms with Gasteiger partial charge in [-0.05, 0) is 24.0 Å². The van der Waals surface area contributed by atoms with Crippen LogP contribution in [0.5, 0.6) is 5.88 Å². The van der Waals surface area contributed by atoms with Crippen LogP contribution in [0.15, 0.2) is 30.5 Å². The maximum Gasteiger partial charge on any atom is 0.512 e. The molecule has 1 aromatic heterocycles. The molecule has 0 atom stereocenters. The number of rotatable bonds is 17. The molecule has 7 heteroatoms. The number of unbranched alkanes of at least 4 members (excludes halogenated alkanes) is 8. The minimum Gasteiger partial charge on any atom is -0.481 e. The van der Waals surface area contributed by atoms with Crippen molar-refractivity contribution in [1.82, 2.24) is 4.98 Å². The number of aromatic nitrogens is 1. The summed E-state index contributed by atoms with van der Waals surface area (Å²) < 4.78 is 4.88. The molecule has 0 unspecified atom stereocenters. The summed E-state index contributed by atoms with van der Waals surface area (Å²) in [4.78, 5) is 37.5. The summed E-state index contributed by atoms with van der Waals surface area (Å²) in [7, 11) is 0. The molecule has 0 spiro atoms. The predicted octanol–water partition coefficient (Wildman–Crippen LogP) is 6.78. The Morgan fingerprint density at radius 2 is 1.41 bits per heavy atom. The number of carbonyl (C=O) groups is 3. The number of ether oxygens (including phenoxy) is 1. The van der Waals surface area contributed by atoms with E-state index in [1.54, 1.807) is 0 Å². The Morgan fingerprint density at radius 1 is 0.824 bits per heavy atom. The zero-order chi connectivity index (χ0) is 24.8. The van der Waals surface area contributed by atoms with E-state index in [9.17, 15) is 14.4 Å². The molecule has 1 aromatic carbocycles. The van der Waals surface area contributed by atoms with Gasteiger partial charge in [0, 0.05) is 36.6 Å². The molecule has 0 bridgehead atoms. The Kier molecular flexibility index (Phi) is 11.9. The number of hydrogen-bond donors (Lipinski definition) is 3. The Morgan fingerprint density at radius 3 is 2.00 bits per heavy atom. The molecule has 186 valence electrons. The van der Waals surface area contributed by atoms with Gasteiger partial charge in [-0.3, -0.25) is 9.59 Å². The van der Waals surface area contributed by atoms with Gasteiger partial charge in [-0.1, -0.05) is 82.6 Å². The zero-order valence-electron chi connectivity index (χ0n) is 20.1. The van der Waals surface area contributed by atoms with Gasteiger partial charge < -0.3 is 19.9 Å². The van der Waals surface area contributed by atoms with E-state index in [1.165, 1.54) is 44.7 Å². The highest BCUT2D eigenvalue weighted by Crippen LogP contribution is 2.27. The molecule has 2 rings (SSSR count). The Bertz CT molecular complexity index is 916. The largest absolute Gasteiger partial charge is 0.512 e. The SMILES string of the molecule is CCCCCCCCCCCC(=O)c1c[nH]c(OC(=O)O)c1Cc1ccc(CCC(=O)O)cc1. The van der Waals surface area contributed by atoms with E-state index in [2.05, 4.69) is 11.9 Å². The Labute approximate surface area is 201 Å². The van der Waals surface area contributed by atoms with Gasteiger partial charge in [0.1, 0.15) is 0 Å². The van der Waals surface area contributed by atoms with Crippen LogP contribution in [0.1, 0.15) is 105 Å². The number of carbonyl (C=O) groups excluding carboxylic acids is 1. The molecule has 7 nitrogen and oxygen atoms in total. The lowest BCUT2D eigenvalue weighted by atomic mass is 9.97. The number of ketones is 1. The van der Waals surface area contributed by atoms with E-state index in [4.69, 9.17) is 14.9 Å². The smallest absolute Gasteiger partial charge is 0.481 e. The molecule has 0 radical (unpaired) electrons. The number of carboxylic acids is 1. The molecule has 0 amide bonds. The van der Waals surface area contributed by atoms with E-state index >= 15 is 0 Å². The van der Waals surface area contributed by atoms with Gasteiger partial charge in [0.15, 0.2) is 5.78 Å². The van der Waals surface area contributed by atoms with Crippen molar-refractivity contribution >= 4 is 17.9 Å². The lowest BCUT2D eigenvalue weighted by Crippen LogP contribution is -2.07. The summed E-state index contributed by atoms with van der Waals surface area (Å²) in [5.74, 6) is -0.799. The second kappa shape index (κ2) is 14.9. The minimum absolute atomic E-state index is 0.0208. The summed E-state index contributed by atoms with van der Waals surface area (Å²) in [6.45, 7) is 2.21. The van der Waals surface area contributed by atoms with E-state index in [1.807, 2.05) is 24.3 Å². The van der Waals surface area contributed by atoms with Crippen LogP contribution in [0.25, 0.3) is 0 Å². The second-order valence-corrected chi connectivity index (χ2v) is 8.77. The van der Waals surface area contributed by atoms with Gasteiger partial charge in [0.25, 0.3) is 0 Å². The number of aromatic amines is 1. The summed E-state index contributed by atoms with van der Waals surface area (Å²) in [6, 6.07) is 7.44. The standard InChI is InChI=1S/C27H37NO6/c1-2-3-4-5-6-7-8-9-10-11-24(29)23-19-28-26(34-27(32)33)22(23)18-21-14-12-20(13-15-21)16-17-25(30)31/h12-15,19,28H,2-11,16-18H2,1H3,(H,30,31)(H,32,33). The van der Waals surface area contributed by atoms with Gasteiger partial charge >= 0.3 is 12.1 Å². The van der Waals surface area contributed by atoms with Crippen LogP contribution in [0.3, 0.4) is 0 Å². The lowest BCUT2D eigenvalue weighted by molar-refractivity contribution is -0.136. The zero-order valence-corrected chi connectivity index (χ0v) is 20.1. The first-order valence-electron chi connectivity index (χ1n) is 12.3. The van der Waals surface area contributed by atoms with Crippen molar-refractivity contribution in [3.8, 4) is 5.88 Å². The third-order valence-electron chi connectivity index (χ3n) is 5.98. The van der Waals surface area contributed by atoms with E-state index in [0.29, 0.717) is 30.4 Å². The molecular weight excluding hydrogens is 434 g/mol. The predicted molar refractivity (Wildman–Crippen MR) is 131 cm³/mol. The van der Waals surface area contributed by atoms with Gasteiger partial charge in [0.05, 0.1) is 0 Å². The number of Topliss-reactive ketones (excluding diaryl/α,β-unsaturated/α-hetero) is 1. The first-order chi connectivity index (χ1) is 16.4. The Hall–Kier alpha value is -3.09. The van der Waals surface area contributed by atoms with Gasteiger partial charge in [-0.15, -0.1) is 0 Å². The fourth-order valence-corrected chi connectivity index (χ4v) is 4.05. The van der Waals surface area contributed by atoms with Gasteiger partial charge in [0.2, 0.25) is 5.88 Å². The highest BCUT2D eigenvalue weighted by atomic mass is 16.7. The first kappa shape index (κ1) is 27.2. The van der Waals surface area contributed by atoms with Gasteiger partial charge in [-0.25, -0.2) is 4.79 Å². The van der Waals surface area contributed by atoms with Crippen LogP contribution < -0.4 is 4.74 Å². The fraction of sp³-hybridized carbons (Fsp3) is 0.519. The minimum atomic E-state index is -1.44. The molecular formula is C27H37NO6. The van der Waals surface area contributed by atoms with Crippen LogP contribution >= 0.6 is 0 Å². The van der Waals surface area contributed by atoms with Crippen LogP contribution in [-0.2, 0) is 17.6 Å². The highest BCUT2D eigenvalue weighted by Gasteiger charge is 2.20. The quantitative estimate of drug-likeness (QED) is 0.133. The van der Waals surface area contributed by atoms with Crippen molar-refractivity contribution in [1.29, 1.82) is 0 Å². The third kappa shape index (κ3) is 9.81. The molecule has 0 aliphatic carbocycles. The number of benzene rings is 1. The number of hydrogen-bond acceptors (Lipinski definition) is 4. The van der Waals surface area contributed by atoms with Crippen molar-refractivity contribution in [2.45, 2.75) is 90.4 Å². The fourth-order valence-electron chi connectivity index (χ4n) is 4.05. The Balaban J connectivity index is 1.94. The number of aliphatic carboxylic acids is 1. The van der Waals surface area contributed by atoms with Crippen LogP contribution in [-0.4, -0.2) is 33.1 Å². The van der Waals surface area contributed by atoms with E-state index in [-0.39, 0.29) is 18.1 Å². The molecule has 0 saturated heterocycles. The highest BCUT2D eigenvalue weighted by molar-refractivity contribution is 5.98. The van der Waals surface area contributed by atoms with Crippen LogP contribution in [0.4, 0.5) is 4.79 Å². The topological polar surface area (TPSA) is 117 Å². The number of aryl methyl sites for hydroxylation is 1. The number of nitrogens with one attached hydrogen (secondary N) is 1. The van der Waals surface area contributed by atoms with Crippen molar-refractivity contribution < 1.29 is 29.3 Å². The molecule has 3 N–H and O–H groups in total. The monoisotopic (exact) mass is 471 g/mol. The molecule has 2 aromatic rings. The first-order valence-corrected chi connectivity index (χ1v) is 12.3. The maximum atomic E-state index is 12.9. The maximum absolute atomic E-state index is 12.9.